The Bertz CT molecular complexity index is 836. The van der Waals surface area contributed by atoms with Gasteiger partial charge in [-0.05, 0) is 62.8 Å². The van der Waals surface area contributed by atoms with E-state index in [1.165, 1.54) is 34.2 Å². The largest absolute Gasteiger partial charge is 0.337 e. The highest BCUT2D eigenvalue weighted by Gasteiger charge is 2.35. The SMILES string of the molecule is Cc1ccc(Nc2nnc(SCC(=O)NC3(C#N)CCCC3)s2)cc1C. The lowest BCUT2D eigenvalue weighted by atomic mass is 10.0. The van der Waals surface area contributed by atoms with Crippen molar-refractivity contribution >= 4 is 39.8 Å². The lowest BCUT2D eigenvalue weighted by Gasteiger charge is -2.21. The summed E-state index contributed by atoms with van der Waals surface area (Å²) in [4.78, 5) is 12.2. The molecular formula is C18H21N5OS2. The standard InChI is InChI=1S/C18H21N5OS2/c1-12-5-6-14(9-13(12)2)20-16-22-23-17(26-16)25-10-15(24)21-18(11-19)7-3-4-8-18/h5-6,9H,3-4,7-8,10H2,1-2H3,(H,20,22)(H,21,24). The van der Waals surface area contributed by atoms with Crippen molar-refractivity contribution in [2.45, 2.75) is 49.4 Å². The molecule has 0 atom stereocenters. The number of nitrogens with one attached hydrogen (secondary N) is 2. The van der Waals surface area contributed by atoms with Gasteiger partial charge in [0.15, 0.2) is 4.34 Å². The third-order valence-electron chi connectivity index (χ3n) is 4.54. The Morgan fingerprint density at radius 1 is 1.31 bits per heavy atom. The van der Waals surface area contributed by atoms with Crippen LogP contribution in [0.1, 0.15) is 36.8 Å². The van der Waals surface area contributed by atoms with E-state index >= 15 is 0 Å². The van der Waals surface area contributed by atoms with E-state index in [2.05, 4.69) is 52.9 Å². The average Bonchev–Trinajstić information content (AvgIpc) is 3.26. The molecule has 0 bridgehead atoms. The van der Waals surface area contributed by atoms with Crippen LogP contribution in [0.3, 0.4) is 0 Å². The minimum atomic E-state index is -0.672. The molecule has 2 aromatic rings. The van der Waals surface area contributed by atoms with Gasteiger partial charge in [-0.3, -0.25) is 4.79 Å². The van der Waals surface area contributed by atoms with E-state index in [0.29, 0.717) is 5.13 Å². The number of nitrogens with zero attached hydrogens (tertiary/aromatic N) is 3. The molecule has 0 spiro atoms. The average molecular weight is 388 g/mol. The molecule has 1 fully saturated rings. The van der Waals surface area contributed by atoms with Crippen molar-refractivity contribution < 1.29 is 4.79 Å². The molecule has 6 nitrogen and oxygen atoms in total. The van der Waals surface area contributed by atoms with Gasteiger partial charge in [-0.1, -0.05) is 29.2 Å². The molecule has 1 amide bonds. The molecule has 1 saturated carbocycles. The zero-order valence-corrected chi connectivity index (χ0v) is 16.5. The summed E-state index contributed by atoms with van der Waals surface area (Å²) in [5.41, 5.74) is 2.75. The second-order valence-electron chi connectivity index (χ2n) is 6.54. The number of rotatable bonds is 6. The lowest BCUT2D eigenvalue weighted by Crippen LogP contribution is -2.45. The smallest absolute Gasteiger partial charge is 0.231 e. The first kappa shape index (κ1) is 18.7. The number of hydrogen-bond acceptors (Lipinski definition) is 7. The molecule has 8 heteroatoms. The Balaban J connectivity index is 1.52. The van der Waals surface area contributed by atoms with Crippen molar-refractivity contribution in [3.05, 3.63) is 29.3 Å². The monoisotopic (exact) mass is 387 g/mol. The van der Waals surface area contributed by atoms with Crippen molar-refractivity contribution in [3.8, 4) is 6.07 Å². The van der Waals surface area contributed by atoms with Crippen molar-refractivity contribution in [2.24, 2.45) is 0 Å². The minimum Gasteiger partial charge on any atom is -0.337 e. The van der Waals surface area contributed by atoms with Gasteiger partial charge in [0.25, 0.3) is 0 Å². The molecule has 136 valence electrons. The van der Waals surface area contributed by atoms with E-state index in [1.54, 1.807) is 0 Å². The van der Waals surface area contributed by atoms with Crippen LogP contribution in [-0.4, -0.2) is 27.4 Å². The summed E-state index contributed by atoms with van der Waals surface area (Å²) in [6, 6.07) is 8.41. The van der Waals surface area contributed by atoms with Crippen LogP contribution in [0.25, 0.3) is 0 Å². The highest BCUT2D eigenvalue weighted by Crippen LogP contribution is 2.30. The molecule has 0 unspecified atom stereocenters. The number of aromatic nitrogens is 2. The van der Waals surface area contributed by atoms with Crippen LogP contribution in [0.15, 0.2) is 22.5 Å². The summed E-state index contributed by atoms with van der Waals surface area (Å²) in [5, 5.41) is 24.4. The van der Waals surface area contributed by atoms with E-state index < -0.39 is 5.54 Å². The molecule has 2 N–H and O–H groups in total. The molecule has 1 aliphatic rings. The van der Waals surface area contributed by atoms with Crippen molar-refractivity contribution in [1.29, 1.82) is 5.26 Å². The van der Waals surface area contributed by atoms with Crippen LogP contribution in [0, 0.1) is 25.2 Å². The Morgan fingerprint density at radius 2 is 2.08 bits per heavy atom. The number of carbonyl (C=O) groups excluding carboxylic acids is 1. The van der Waals surface area contributed by atoms with Crippen molar-refractivity contribution in [1.82, 2.24) is 15.5 Å². The van der Waals surface area contributed by atoms with Gasteiger partial charge in [-0.15, -0.1) is 10.2 Å². The molecule has 1 aliphatic carbocycles. The maximum atomic E-state index is 12.2. The fourth-order valence-electron chi connectivity index (χ4n) is 2.93. The van der Waals surface area contributed by atoms with Crippen LogP contribution in [0.2, 0.25) is 0 Å². The highest BCUT2D eigenvalue weighted by molar-refractivity contribution is 8.01. The summed E-state index contributed by atoms with van der Waals surface area (Å²) in [6.07, 6.45) is 3.46. The van der Waals surface area contributed by atoms with Gasteiger partial charge in [0.05, 0.1) is 11.8 Å². The second-order valence-corrected chi connectivity index (χ2v) is 8.74. The maximum absolute atomic E-state index is 12.2. The number of hydrogen-bond donors (Lipinski definition) is 2. The van der Waals surface area contributed by atoms with E-state index in [0.717, 1.165) is 35.7 Å². The van der Waals surface area contributed by atoms with E-state index in [4.69, 9.17) is 0 Å². The Labute approximate surface area is 161 Å². The van der Waals surface area contributed by atoms with Gasteiger partial charge in [-0.25, -0.2) is 0 Å². The Kier molecular flexibility index (Phi) is 5.79. The molecule has 0 aliphatic heterocycles. The minimum absolute atomic E-state index is 0.127. The number of aryl methyl sites for hydroxylation is 2. The molecule has 1 aromatic carbocycles. The number of amides is 1. The number of anilines is 2. The zero-order chi connectivity index (χ0) is 18.6. The quantitative estimate of drug-likeness (QED) is 0.730. The number of carbonyl (C=O) groups is 1. The van der Waals surface area contributed by atoms with Crippen molar-refractivity contribution in [3.63, 3.8) is 0 Å². The normalized spacial score (nSPS) is 15.4. The fraction of sp³-hybridized carbons (Fsp3) is 0.444. The predicted molar refractivity (Wildman–Crippen MR) is 105 cm³/mol. The van der Waals surface area contributed by atoms with E-state index in [9.17, 15) is 10.1 Å². The topological polar surface area (TPSA) is 90.7 Å². The molecule has 1 aromatic heterocycles. The van der Waals surface area contributed by atoms with Gasteiger partial charge in [0, 0.05) is 5.69 Å². The second kappa shape index (κ2) is 8.06. The van der Waals surface area contributed by atoms with Crippen molar-refractivity contribution in [2.75, 3.05) is 11.1 Å². The number of nitriles is 1. The molecular weight excluding hydrogens is 366 g/mol. The summed E-state index contributed by atoms with van der Waals surface area (Å²) < 4.78 is 0.726. The molecule has 3 rings (SSSR count). The fourth-order valence-corrected chi connectivity index (χ4v) is 4.51. The summed E-state index contributed by atoms with van der Waals surface area (Å²) >= 11 is 2.75. The first-order valence-corrected chi connectivity index (χ1v) is 10.3. The molecule has 0 radical (unpaired) electrons. The summed E-state index contributed by atoms with van der Waals surface area (Å²) in [6.45, 7) is 4.14. The third kappa shape index (κ3) is 4.54. The Morgan fingerprint density at radius 3 is 2.77 bits per heavy atom. The van der Waals surface area contributed by atoms with Gasteiger partial charge in [-0.2, -0.15) is 5.26 Å². The van der Waals surface area contributed by atoms with Gasteiger partial charge in [0.1, 0.15) is 5.54 Å². The maximum Gasteiger partial charge on any atom is 0.231 e. The van der Waals surface area contributed by atoms with E-state index in [1.807, 2.05) is 6.07 Å². The van der Waals surface area contributed by atoms with Gasteiger partial charge in [0.2, 0.25) is 11.0 Å². The van der Waals surface area contributed by atoms with Crippen LogP contribution < -0.4 is 10.6 Å². The zero-order valence-electron chi connectivity index (χ0n) is 14.8. The summed E-state index contributed by atoms with van der Waals surface area (Å²) in [7, 11) is 0. The molecule has 26 heavy (non-hydrogen) atoms. The molecule has 0 saturated heterocycles. The predicted octanol–water partition coefficient (Wildman–Crippen LogP) is 3.94. The molecule has 1 heterocycles. The van der Waals surface area contributed by atoms with Crippen LogP contribution in [0.4, 0.5) is 10.8 Å². The third-order valence-corrected chi connectivity index (χ3v) is 6.51. The van der Waals surface area contributed by atoms with Crippen LogP contribution in [-0.2, 0) is 4.79 Å². The highest BCUT2D eigenvalue weighted by atomic mass is 32.2. The Hall–Kier alpha value is -2.11. The van der Waals surface area contributed by atoms with Gasteiger partial charge < -0.3 is 10.6 Å². The lowest BCUT2D eigenvalue weighted by molar-refractivity contribution is -0.119. The number of benzene rings is 1. The van der Waals surface area contributed by atoms with Crippen LogP contribution in [0.5, 0.6) is 0 Å². The number of thioether (sulfide) groups is 1. The first-order chi connectivity index (χ1) is 12.5. The van der Waals surface area contributed by atoms with Gasteiger partial charge >= 0.3 is 0 Å². The summed E-state index contributed by atoms with van der Waals surface area (Å²) in [5.74, 6) is 0.110. The first-order valence-electron chi connectivity index (χ1n) is 8.52. The van der Waals surface area contributed by atoms with Crippen LogP contribution >= 0.6 is 23.1 Å². The van der Waals surface area contributed by atoms with E-state index in [-0.39, 0.29) is 11.7 Å².